The highest BCUT2D eigenvalue weighted by atomic mass is 35.5. The Morgan fingerprint density at radius 2 is 1.20 bits per heavy atom. The molecule has 0 aliphatic rings. The lowest BCUT2D eigenvalue weighted by Crippen LogP contribution is -2.09. The van der Waals surface area contributed by atoms with Gasteiger partial charge in [0.25, 0.3) is 0 Å². The van der Waals surface area contributed by atoms with Crippen LogP contribution in [0.5, 0.6) is 0 Å². The first-order valence-electron chi connectivity index (χ1n) is 13.2. The van der Waals surface area contributed by atoms with Gasteiger partial charge >= 0.3 is 0 Å². The van der Waals surface area contributed by atoms with E-state index in [0.29, 0.717) is 0 Å². The van der Waals surface area contributed by atoms with Crippen molar-refractivity contribution in [3.63, 3.8) is 0 Å². The Balaban J connectivity index is 1.33. The van der Waals surface area contributed by atoms with Crippen molar-refractivity contribution in [2.45, 2.75) is 0 Å². The molecule has 190 valence electrons. The second kappa shape index (κ2) is 9.27. The van der Waals surface area contributed by atoms with Crippen molar-refractivity contribution < 1.29 is 4.42 Å². The monoisotopic (exact) mass is 551 g/mol. The minimum absolute atomic E-state index is 0.781. The molecule has 8 rings (SSSR count). The number of thiophene rings is 1. The van der Waals surface area contributed by atoms with Crippen LogP contribution in [0.2, 0.25) is 5.02 Å². The summed E-state index contributed by atoms with van der Waals surface area (Å²) in [6.45, 7) is 0. The average molecular weight is 552 g/mol. The first-order chi connectivity index (χ1) is 19.7. The molecule has 4 heteroatoms. The Labute approximate surface area is 240 Å². The van der Waals surface area contributed by atoms with E-state index in [0.717, 1.165) is 49.4 Å². The molecular weight excluding hydrogens is 530 g/mol. The van der Waals surface area contributed by atoms with Crippen LogP contribution in [-0.2, 0) is 0 Å². The van der Waals surface area contributed by atoms with E-state index in [9.17, 15) is 0 Å². The molecule has 0 radical (unpaired) electrons. The molecule has 0 saturated heterocycles. The number of nitrogens with zero attached hydrogens (tertiary/aromatic N) is 1. The zero-order chi connectivity index (χ0) is 26.6. The molecule has 2 heterocycles. The molecule has 0 amide bonds. The lowest BCUT2D eigenvalue weighted by atomic mass is 10.0. The van der Waals surface area contributed by atoms with E-state index in [2.05, 4.69) is 108 Å². The van der Waals surface area contributed by atoms with E-state index in [1.54, 1.807) is 11.3 Å². The predicted octanol–water partition coefficient (Wildman–Crippen LogP) is 11.7. The number of halogens is 1. The first kappa shape index (κ1) is 23.3. The second-order valence-corrected chi connectivity index (χ2v) is 11.4. The van der Waals surface area contributed by atoms with Gasteiger partial charge < -0.3 is 9.32 Å². The van der Waals surface area contributed by atoms with Gasteiger partial charge in [-0.1, -0.05) is 78.3 Å². The molecule has 40 heavy (non-hydrogen) atoms. The highest BCUT2D eigenvalue weighted by molar-refractivity contribution is 7.26. The highest BCUT2D eigenvalue weighted by Gasteiger charge is 2.18. The van der Waals surface area contributed by atoms with Crippen LogP contribution in [0.3, 0.4) is 0 Å². The van der Waals surface area contributed by atoms with Gasteiger partial charge in [0.2, 0.25) is 0 Å². The van der Waals surface area contributed by atoms with Gasteiger partial charge in [-0.25, -0.2) is 0 Å². The van der Waals surface area contributed by atoms with Crippen LogP contribution in [0.15, 0.2) is 138 Å². The van der Waals surface area contributed by atoms with Gasteiger partial charge in [-0.05, 0) is 71.8 Å². The predicted molar refractivity (Wildman–Crippen MR) is 172 cm³/mol. The van der Waals surface area contributed by atoms with Crippen molar-refractivity contribution >= 4 is 82.1 Å². The molecule has 2 nitrogen and oxygen atoms in total. The number of benzene rings is 6. The third kappa shape index (κ3) is 3.78. The van der Waals surface area contributed by atoms with Crippen molar-refractivity contribution in [3.8, 4) is 11.1 Å². The van der Waals surface area contributed by atoms with Crippen molar-refractivity contribution in [1.29, 1.82) is 0 Å². The van der Waals surface area contributed by atoms with E-state index >= 15 is 0 Å². The molecular formula is C36H22ClNOS. The summed E-state index contributed by atoms with van der Waals surface area (Å²) < 4.78 is 8.70. The summed E-state index contributed by atoms with van der Waals surface area (Å²) in [5.41, 5.74) is 7.32. The van der Waals surface area contributed by atoms with Gasteiger partial charge in [-0.2, -0.15) is 0 Å². The number of hydrogen-bond donors (Lipinski definition) is 0. The summed E-state index contributed by atoms with van der Waals surface area (Å²) in [5.74, 6) is 0. The molecule has 0 N–H and O–H groups in total. The Bertz CT molecular complexity index is 2180. The zero-order valence-corrected chi connectivity index (χ0v) is 22.9. The van der Waals surface area contributed by atoms with E-state index in [4.69, 9.17) is 16.0 Å². The summed E-state index contributed by atoms with van der Waals surface area (Å²) >= 11 is 8.48. The fourth-order valence-corrected chi connectivity index (χ4v) is 7.09. The molecule has 0 atom stereocenters. The molecule has 0 spiro atoms. The van der Waals surface area contributed by atoms with Gasteiger partial charge in [0.05, 0.1) is 0 Å². The summed E-state index contributed by atoms with van der Waals surface area (Å²) in [7, 11) is 0. The topological polar surface area (TPSA) is 16.4 Å². The Morgan fingerprint density at radius 1 is 0.500 bits per heavy atom. The van der Waals surface area contributed by atoms with Crippen LogP contribution >= 0.6 is 22.9 Å². The van der Waals surface area contributed by atoms with Crippen molar-refractivity contribution in [2.75, 3.05) is 4.90 Å². The van der Waals surface area contributed by atoms with Gasteiger partial charge in [-0.15, -0.1) is 11.3 Å². The number of hydrogen-bond acceptors (Lipinski definition) is 3. The fourth-order valence-electron chi connectivity index (χ4n) is 5.65. The summed E-state index contributed by atoms with van der Waals surface area (Å²) in [6, 6.07) is 46.7. The highest BCUT2D eigenvalue weighted by Crippen LogP contribution is 2.43. The third-order valence-corrected chi connectivity index (χ3v) is 8.99. The second-order valence-electron chi connectivity index (χ2n) is 9.92. The van der Waals surface area contributed by atoms with Crippen LogP contribution in [0.1, 0.15) is 0 Å². The minimum Gasteiger partial charge on any atom is -0.456 e. The summed E-state index contributed by atoms with van der Waals surface area (Å²) in [5, 5.41) is 5.30. The summed E-state index contributed by atoms with van der Waals surface area (Å²) in [4.78, 5) is 2.29. The number of fused-ring (bicyclic) bond motifs is 6. The van der Waals surface area contributed by atoms with Crippen LogP contribution < -0.4 is 4.90 Å². The van der Waals surface area contributed by atoms with Crippen molar-refractivity contribution in [3.05, 3.63) is 138 Å². The Morgan fingerprint density at radius 3 is 2.08 bits per heavy atom. The third-order valence-electron chi connectivity index (χ3n) is 7.54. The lowest BCUT2D eigenvalue weighted by molar-refractivity contribution is 0.669. The molecule has 0 fully saturated rings. The fraction of sp³-hybridized carbons (Fsp3) is 0. The molecule has 6 aromatic carbocycles. The normalized spacial score (nSPS) is 11.6. The maximum Gasteiger partial charge on any atom is 0.137 e. The zero-order valence-electron chi connectivity index (χ0n) is 21.3. The van der Waals surface area contributed by atoms with Crippen molar-refractivity contribution in [2.24, 2.45) is 0 Å². The Kier molecular flexibility index (Phi) is 5.41. The molecule has 2 aromatic heterocycles. The average Bonchev–Trinajstić information content (AvgIpc) is 3.56. The first-order valence-corrected chi connectivity index (χ1v) is 14.4. The molecule has 8 aromatic rings. The standard InChI is InChI=1S/C36H22ClNOS/c37-31-10-6-12-35-36(31)30-21-26(18-20-34(30)40-35)38(25-15-13-24(14-16-25)23-7-2-1-3-8-23)27-17-19-29-28-9-4-5-11-32(28)39-33(29)22-27/h1-22H. The maximum absolute atomic E-state index is 6.70. The van der Waals surface area contributed by atoms with Crippen molar-refractivity contribution in [1.82, 2.24) is 0 Å². The van der Waals surface area contributed by atoms with Crippen LogP contribution in [-0.4, -0.2) is 0 Å². The number of para-hydroxylation sites is 1. The smallest absolute Gasteiger partial charge is 0.137 e. The minimum atomic E-state index is 0.781. The maximum atomic E-state index is 6.70. The largest absolute Gasteiger partial charge is 0.456 e. The lowest BCUT2D eigenvalue weighted by Gasteiger charge is -2.26. The molecule has 0 saturated carbocycles. The van der Waals surface area contributed by atoms with Crippen LogP contribution in [0.4, 0.5) is 17.1 Å². The van der Waals surface area contributed by atoms with E-state index in [1.807, 2.05) is 30.3 Å². The SMILES string of the molecule is Clc1cccc2sc3ccc(N(c4ccc(-c5ccccc5)cc4)c4ccc5c(c4)oc4ccccc45)cc3c12. The molecule has 0 aliphatic carbocycles. The van der Waals surface area contributed by atoms with E-state index in [-0.39, 0.29) is 0 Å². The van der Waals surface area contributed by atoms with Crippen LogP contribution in [0.25, 0.3) is 53.2 Å². The number of furan rings is 1. The molecule has 0 unspecified atom stereocenters. The van der Waals surface area contributed by atoms with Gasteiger partial charge in [0.1, 0.15) is 11.2 Å². The van der Waals surface area contributed by atoms with Gasteiger partial charge in [0, 0.05) is 59.1 Å². The number of anilines is 3. The molecule has 0 aliphatic heterocycles. The van der Waals surface area contributed by atoms with Gasteiger partial charge in [-0.3, -0.25) is 0 Å². The quantitative estimate of drug-likeness (QED) is 0.216. The van der Waals surface area contributed by atoms with E-state index in [1.165, 1.54) is 25.9 Å². The number of rotatable bonds is 4. The van der Waals surface area contributed by atoms with E-state index < -0.39 is 0 Å². The molecule has 0 bridgehead atoms. The summed E-state index contributed by atoms with van der Waals surface area (Å²) in [6.07, 6.45) is 0. The van der Waals surface area contributed by atoms with Crippen LogP contribution in [0, 0.1) is 0 Å². The van der Waals surface area contributed by atoms with Gasteiger partial charge in [0.15, 0.2) is 0 Å². The Hall–Kier alpha value is -4.57.